The van der Waals surface area contributed by atoms with E-state index < -0.39 is 11.9 Å². The summed E-state index contributed by atoms with van der Waals surface area (Å²) in [6.45, 7) is 4.58. The van der Waals surface area contributed by atoms with Gasteiger partial charge in [-0.15, -0.1) is 0 Å². The number of H-pyrrole nitrogens is 1. The minimum Gasteiger partial charge on any atom is -0.338 e. The Kier molecular flexibility index (Phi) is 4.56. The maximum atomic E-state index is 12.3. The van der Waals surface area contributed by atoms with Crippen molar-refractivity contribution in [1.82, 2.24) is 9.97 Å². The van der Waals surface area contributed by atoms with Crippen LogP contribution in [0.1, 0.15) is 31.8 Å². The largest absolute Gasteiger partial charge is 0.432 e. The minimum atomic E-state index is -4.36. The van der Waals surface area contributed by atoms with Gasteiger partial charge in [0, 0.05) is 6.42 Å². The molecule has 6 heteroatoms. The number of rotatable bonds is 5. The SMILES string of the molecule is CC(C)CC(CN)Cc1ncc(C(F)(F)F)[nH]1. The fourth-order valence-electron chi connectivity index (χ4n) is 1.81. The molecule has 0 aliphatic rings. The van der Waals surface area contributed by atoms with E-state index in [1.54, 1.807) is 0 Å². The summed E-state index contributed by atoms with van der Waals surface area (Å²) in [5.74, 6) is 0.997. The smallest absolute Gasteiger partial charge is 0.338 e. The van der Waals surface area contributed by atoms with Gasteiger partial charge in [-0.05, 0) is 24.8 Å². The van der Waals surface area contributed by atoms with Gasteiger partial charge in [-0.1, -0.05) is 13.8 Å². The molecular formula is C11H18F3N3. The first-order valence-corrected chi connectivity index (χ1v) is 5.64. The highest BCUT2D eigenvalue weighted by Gasteiger charge is 2.33. The van der Waals surface area contributed by atoms with E-state index in [-0.39, 0.29) is 5.92 Å². The van der Waals surface area contributed by atoms with Crippen molar-refractivity contribution in [2.75, 3.05) is 6.54 Å². The first-order valence-electron chi connectivity index (χ1n) is 5.64. The Morgan fingerprint density at radius 1 is 1.41 bits per heavy atom. The summed E-state index contributed by atoms with van der Waals surface area (Å²) in [4.78, 5) is 6.05. The molecule has 0 saturated carbocycles. The van der Waals surface area contributed by atoms with E-state index in [1.807, 2.05) is 0 Å². The van der Waals surface area contributed by atoms with Crippen LogP contribution in [0.5, 0.6) is 0 Å². The molecular weight excluding hydrogens is 231 g/mol. The summed E-state index contributed by atoms with van der Waals surface area (Å²) < 4.78 is 37.0. The molecule has 3 nitrogen and oxygen atoms in total. The fourth-order valence-corrected chi connectivity index (χ4v) is 1.81. The highest BCUT2D eigenvalue weighted by molar-refractivity contribution is 5.05. The Labute approximate surface area is 98.6 Å². The highest BCUT2D eigenvalue weighted by Crippen LogP contribution is 2.27. The van der Waals surface area contributed by atoms with Gasteiger partial charge in [0.05, 0.1) is 6.20 Å². The number of aromatic nitrogens is 2. The number of aromatic amines is 1. The van der Waals surface area contributed by atoms with Crippen molar-refractivity contribution in [2.45, 2.75) is 32.9 Å². The number of alkyl halides is 3. The van der Waals surface area contributed by atoms with Crippen LogP contribution < -0.4 is 5.73 Å². The number of hydrogen-bond acceptors (Lipinski definition) is 2. The van der Waals surface area contributed by atoms with Crippen LogP contribution in [0.25, 0.3) is 0 Å². The first-order chi connectivity index (χ1) is 7.82. The summed E-state index contributed by atoms with van der Waals surface area (Å²) in [7, 11) is 0. The Morgan fingerprint density at radius 2 is 2.06 bits per heavy atom. The Balaban J connectivity index is 2.65. The van der Waals surface area contributed by atoms with Gasteiger partial charge in [0.1, 0.15) is 11.5 Å². The minimum absolute atomic E-state index is 0.169. The predicted octanol–water partition coefficient (Wildman–Crippen LogP) is 2.59. The van der Waals surface area contributed by atoms with E-state index in [2.05, 4.69) is 23.8 Å². The summed E-state index contributed by atoms with van der Waals surface area (Å²) in [6, 6.07) is 0. The van der Waals surface area contributed by atoms with Gasteiger partial charge >= 0.3 is 6.18 Å². The number of imidazole rings is 1. The molecule has 1 unspecified atom stereocenters. The zero-order valence-electron chi connectivity index (χ0n) is 10.0. The highest BCUT2D eigenvalue weighted by atomic mass is 19.4. The molecule has 0 amide bonds. The van der Waals surface area contributed by atoms with E-state index in [1.165, 1.54) is 0 Å². The van der Waals surface area contributed by atoms with Crippen molar-refractivity contribution >= 4 is 0 Å². The molecule has 17 heavy (non-hydrogen) atoms. The standard InChI is InChI=1S/C11H18F3N3/c1-7(2)3-8(5-15)4-10-16-6-9(17-10)11(12,13)14/h6-8H,3-5,15H2,1-2H3,(H,16,17). The molecule has 1 aromatic rings. The maximum Gasteiger partial charge on any atom is 0.432 e. The summed E-state index contributed by atoms with van der Waals surface area (Å²) in [5, 5.41) is 0. The fraction of sp³-hybridized carbons (Fsp3) is 0.727. The lowest BCUT2D eigenvalue weighted by Gasteiger charge is -2.15. The second-order valence-electron chi connectivity index (χ2n) is 4.68. The van der Waals surface area contributed by atoms with Crippen molar-refractivity contribution in [3.8, 4) is 0 Å². The zero-order valence-corrected chi connectivity index (χ0v) is 10.0. The van der Waals surface area contributed by atoms with Crippen molar-refractivity contribution in [1.29, 1.82) is 0 Å². The number of nitrogens with two attached hydrogens (primary N) is 1. The van der Waals surface area contributed by atoms with Crippen LogP contribution in [0, 0.1) is 11.8 Å². The Morgan fingerprint density at radius 3 is 2.47 bits per heavy atom. The topological polar surface area (TPSA) is 54.7 Å². The molecule has 1 aromatic heterocycles. The number of nitrogens with one attached hydrogen (secondary N) is 1. The quantitative estimate of drug-likeness (QED) is 0.842. The molecule has 0 radical (unpaired) electrons. The molecule has 0 aliphatic carbocycles. The molecule has 3 N–H and O–H groups in total. The van der Waals surface area contributed by atoms with Crippen LogP contribution in [0.15, 0.2) is 6.20 Å². The molecule has 0 saturated heterocycles. The molecule has 1 rings (SSSR count). The molecule has 0 aromatic carbocycles. The van der Waals surface area contributed by atoms with Crippen LogP contribution in [-0.4, -0.2) is 16.5 Å². The third kappa shape index (κ3) is 4.38. The summed E-state index contributed by atoms with van der Waals surface area (Å²) in [6.07, 6.45) is -2.18. The predicted molar refractivity (Wildman–Crippen MR) is 59.3 cm³/mol. The van der Waals surface area contributed by atoms with Gasteiger partial charge < -0.3 is 10.7 Å². The number of nitrogens with zero attached hydrogens (tertiary/aromatic N) is 1. The van der Waals surface area contributed by atoms with Crippen molar-refractivity contribution in [3.63, 3.8) is 0 Å². The van der Waals surface area contributed by atoms with Gasteiger partial charge in [-0.25, -0.2) is 4.98 Å². The lowest BCUT2D eigenvalue weighted by Crippen LogP contribution is -2.19. The van der Waals surface area contributed by atoms with Gasteiger partial charge in [-0.2, -0.15) is 13.2 Å². The van der Waals surface area contributed by atoms with Crippen LogP contribution in [-0.2, 0) is 12.6 Å². The summed E-state index contributed by atoms with van der Waals surface area (Å²) in [5.41, 5.74) is 4.80. The maximum absolute atomic E-state index is 12.3. The molecule has 1 atom stereocenters. The van der Waals surface area contributed by atoms with Gasteiger partial charge in [0.15, 0.2) is 0 Å². The number of halogens is 3. The van der Waals surface area contributed by atoms with E-state index in [9.17, 15) is 13.2 Å². The third-order valence-corrected chi connectivity index (χ3v) is 2.55. The average molecular weight is 249 g/mol. The van der Waals surface area contributed by atoms with Crippen molar-refractivity contribution in [3.05, 3.63) is 17.7 Å². The average Bonchev–Trinajstić information content (AvgIpc) is 2.63. The van der Waals surface area contributed by atoms with Crippen LogP contribution >= 0.6 is 0 Å². The zero-order chi connectivity index (χ0) is 13.1. The normalized spacial score (nSPS) is 14.3. The summed E-state index contributed by atoms with van der Waals surface area (Å²) >= 11 is 0. The van der Waals surface area contributed by atoms with E-state index in [0.717, 1.165) is 12.6 Å². The molecule has 0 fully saturated rings. The lowest BCUT2D eigenvalue weighted by atomic mass is 9.94. The Hall–Kier alpha value is -1.04. The first kappa shape index (κ1) is 14.0. The van der Waals surface area contributed by atoms with E-state index in [4.69, 9.17) is 5.73 Å². The monoisotopic (exact) mass is 249 g/mol. The molecule has 0 spiro atoms. The van der Waals surface area contributed by atoms with Gasteiger partial charge in [0.2, 0.25) is 0 Å². The van der Waals surface area contributed by atoms with E-state index in [0.29, 0.717) is 24.7 Å². The van der Waals surface area contributed by atoms with Crippen molar-refractivity contribution in [2.24, 2.45) is 17.6 Å². The second kappa shape index (κ2) is 5.53. The lowest BCUT2D eigenvalue weighted by molar-refractivity contribution is -0.140. The molecule has 0 bridgehead atoms. The number of hydrogen-bond donors (Lipinski definition) is 2. The Bertz CT molecular complexity index is 344. The van der Waals surface area contributed by atoms with Crippen molar-refractivity contribution < 1.29 is 13.2 Å². The molecule has 98 valence electrons. The third-order valence-electron chi connectivity index (χ3n) is 2.55. The molecule has 1 heterocycles. The van der Waals surface area contributed by atoms with Gasteiger partial charge in [-0.3, -0.25) is 0 Å². The van der Waals surface area contributed by atoms with E-state index >= 15 is 0 Å². The second-order valence-corrected chi connectivity index (χ2v) is 4.68. The molecule has 0 aliphatic heterocycles. The van der Waals surface area contributed by atoms with Crippen LogP contribution in [0.2, 0.25) is 0 Å². The van der Waals surface area contributed by atoms with Crippen LogP contribution in [0.4, 0.5) is 13.2 Å². The van der Waals surface area contributed by atoms with Gasteiger partial charge in [0.25, 0.3) is 0 Å². The van der Waals surface area contributed by atoms with Crippen LogP contribution in [0.3, 0.4) is 0 Å².